The number of hydrogen-bond donors (Lipinski definition) is 4. The van der Waals surface area contributed by atoms with E-state index in [1.165, 1.54) is 25.7 Å². The summed E-state index contributed by atoms with van der Waals surface area (Å²) < 4.78 is 23.0. The third kappa shape index (κ3) is 28.0. The number of aliphatic imine (C=N–C) groups is 1. The van der Waals surface area contributed by atoms with Gasteiger partial charge in [-0.2, -0.15) is 0 Å². The van der Waals surface area contributed by atoms with Gasteiger partial charge in [0, 0.05) is 51.8 Å². The van der Waals surface area contributed by atoms with Gasteiger partial charge < -0.3 is 34.3 Å². The van der Waals surface area contributed by atoms with Gasteiger partial charge in [0.2, 0.25) is 11.3 Å². The molecule has 1 saturated carbocycles. The zero-order valence-electron chi connectivity index (χ0n) is 32.3. The predicted octanol–water partition coefficient (Wildman–Crippen LogP) is 6.43. The molecule has 0 aromatic carbocycles. The maximum Gasteiger partial charge on any atom is 0.306 e. The molecule has 0 saturated heterocycles. The summed E-state index contributed by atoms with van der Waals surface area (Å²) in [5.41, 5.74) is 10.5. The number of hydrogen-bond acceptors (Lipinski definition) is 11. The number of rotatable bonds is 22. The van der Waals surface area contributed by atoms with Crippen molar-refractivity contribution in [3.63, 3.8) is 0 Å². The van der Waals surface area contributed by atoms with Gasteiger partial charge in [0.1, 0.15) is 22.8 Å². The molecule has 2 atom stereocenters. The third-order valence-corrected chi connectivity index (χ3v) is 7.87. The Morgan fingerprint density at radius 3 is 2.27 bits per heavy atom. The molecule has 4 N–H and O–H groups in total. The molecule has 13 heteroatoms. The van der Waals surface area contributed by atoms with Crippen molar-refractivity contribution >= 4 is 18.3 Å². The highest BCUT2D eigenvalue weighted by Gasteiger charge is 2.36. The Labute approximate surface area is 297 Å². The zero-order valence-corrected chi connectivity index (χ0v) is 32.3. The maximum absolute atomic E-state index is 12.2. The quantitative estimate of drug-likeness (QED) is 0.0327. The van der Waals surface area contributed by atoms with Crippen LogP contribution in [-0.2, 0) is 28.5 Å². The van der Waals surface area contributed by atoms with Crippen molar-refractivity contribution in [2.45, 2.75) is 156 Å². The Bertz CT molecular complexity index is 857. The molecule has 288 valence electrons. The lowest BCUT2D eigenvalue weighted by Crippen LogP contribution is -2.31. The first-order valence-corrected chi connectivity index (χ1v) is 18.7. The van der Waals surface area contributed by atoms with Crippen LogP contribution in [0, 0.1) is 17.0 Å². The second-order valence-corrected chi connectivity index (χ2v) is 13.1. The monoisotopic (exact) mass is 702 g/mol. The summed E-state index contributed by atoms with van der Waals surface area (Å²) in [6, 6.07) is 0.0576. The summed E-state index contributed by atoms with van der Waals surface area (Å²) in [5, 5.41) is 11.5. The lowest BCUT2D eigenvalue weighted by atomic mass is 9.87. The van der Waals surface area contributed by atoms with Crippen LogP contribution in [0.5, 0.6) is 0 Å². The Morgan fingerprint density at radius 2 is 1.69 bits per heavy atom. The highest BCUT2D eigenvalue weighted by atomic mass is 16.6. The van der Waals surface area contributed by atoms with Crippen molar-refractivity contribution < 1.29 is 33.6 Å². The van der Waals surface area contributed by atoms with Crippen LogP contribution in [0.2, 0.25) is 0 Å². The fourth-order valence-electron chi connectivity index (χ4n) is 5.40. The van der Waals surface area contributed by atoms with E-state index in [0.717, 1.165) is 77.1 Å². The molecule has 1 heterocycles. The second kappa shape index (κ2) is 32.7. The number of aliphatic hydroxyl groups is 1. The molecule has 2 aliphatic rings. The number of ether oxygens (including phenoxy) is 4. The van der Waals surface area contributed by atoms with Gasteiger partial charge in [-0.05, 0) is 86.1 Å². The largest absolute Gasteiger partial charge is 0.475 e. The molecule has 0 aromatic rings. The van der Waals surface area contributed by atoms with Crippen LogP contribution in [0.4, 0.5) is 0 Å². The Kier molecular flexibility index (Phi) is 32.5. The molecule has 49 heavy (non-hydrogen) atoms. The zero-order chi connectivity index (χ0) is 37.3. The Morgan fingerprint density at radius 1 is 1.04 bits per heavy atom. The van der Waals surface area contributed by atoms with Gasteiger partial charge in [0.05, 0.1) is 18.8 Å². The molecular weight excluding hydrogens is 628 g/mol. The lowest BCUT2D eigenvalue weighted by molar-refractivity contribution is -0.155. The van der Waals surface area contributed by atoms with Crippen molar-refractivity contribution in [3.8, 4) is 0 Å². The summed E-state index contributed by atoms with van der Waals surface area (Å²) in [7, 11) is 2.01. The first-order valence-electron chi connectivity index (χ1n) is 18.7. The normalized spacial score (nSPS) is 19.8. The van der Waals surface area contributed by atoms with Crippen molar-refractivity contribution in [1.82, 2.24) is 15.1 Å². The van der Waals surface area contributed by atoms with E-state index >= 15 is 0 Å². The summed E-state index contributed by atoms with van der Waals surface area (Å²) in [6.45, 7) is 18.8. The first-order chi connectivity index (χ1) is 23.5. The molecule has 1 fully saturated rings. The fourth-order valence-corrected chi connectivity index (χ4v) is 5.40. The van der Waals surface area contributed by atoms with Crippen LogP contribution in [0.3, 0.4) is 0 Å². The van der Waals surface area contributed by atoms with Gasteiger partial charge in [0.25, 0.3) is 0 Å². The number of carbonyl (C=O) groups is 2. The van der Waals surface area contributed by atoms with E-state index in [2.05, 4.69) is 17.1 Å². The van der Waals surface area contributed by atoms with Crippen molar-refractivity contribution in [3.05, 3.63) is 0 Å². The van der Waals surface area contributed by atoms with Crippen LogP contribution in [0.1, 0.15) is 132 Å². The number of carbonyl (C=O) groups excluding carboxylic acids is 2. The highest BCUT2D eigenvalue weighted by Crippen LogP contribution is 2.33. The minimum absolute atomic E-state index is 0.0576. The maximum atomic E-state index is 12.2. The Hall–Kier alpha value is -2.44. The van der Waals surface area contributed by atoms with Crippen LogP contribution < -0.4 is 10.2 Å². The molecule has 0 aromatic heterocycles. The summed E-state index contributed by atoms with van der Waals surface area (Å²) >= 11 is 0. The minimum Gasteiger partial charge on any atom is -0.475 e. The molecule has 2 rings (SSSR count). The molecule has 0 radical (unpaired) electrons. The number of esters is 1. The van der Waals surface area contributed by atoms with E-state index in [1.807, 2.05) is 53.5 Å². The third-order valence-electron chi connectivity index (χ3n) is 7.87. The number of likely N-dealkylation sites (N-methyl/N-ethyl adjacent to an activating group) is 1. The number of unbranched alkanes of at least 4 members (excludes halogenated alkanes) is 4. The standard InChI is InChI=1S/C26H47NO5.C8H18N2O2.C2H6.H2N3/c1-5-6-7-8-9-11-23-22(16-17-24(29)32-26(2,3)4)27-25(31-23)20-12-14-21(15-13-20)30-19-10-18-28;1-3-12-7-6-10(2)5-4-9-8-11;1-2;1-3-2/h20-23,28H,5-19H2,1-4H3;8H,3-7H2,1-2H3,(H,9,11);1-2H3;1-2H/q;;;+1/t20?,21?,22-,23-;;;/m1.../s1. The van der Waals surface area contributed by atoms with E-state index in [1.54, 1.807) is 0 Å². The van der Waals surface area contributed by atoms with Crippen LogP contribution in [-0.4, -0.2) is 105 Å². The number of nitrogens with zero attached hydrogens (tertiary/aromatic N) is 3. The predicted molar refractivity (Wildman–Crippen MR) is 195 cm³/mol. The first kappa shape index (κ1) is 48.7. The van der Waals surface area contributed by atoms with Crippen LogP contribution >= 0.6 is 0 Å². The van der Waals surface area contributed by atoms with Crippen molar-refractivity contribution in [2.24, 2.45) is 10.9 Å². The van der Waals surface area contributed by atoms with Crippen molar-refractivity contribution in [1.29, 1.82) is 11.1 Å². The number of amides is 1. The minimum atomic E-state index is -0.450. The van der Waals surface area contributed by atoms with E-state index < -0.39 is 5.60 Å². The molecule has 1 aliphatic carbocycles. The SMILES string of the molecule is CC.CCCCCCC[C@H]1OC(C2CCC(OCCCO)CC2)=N[C@@H]1CCC(=O)OC(C)(C)C.CCOCCN(C)CCNC=O.N=[N+]=N. The lowest BCUT2D eigenvalue weighted by Gasteiger charge is -2.28. The summed E-state index contributed by atoms with van der Waals surface area (Å²) in [4.78, 5) is 31.2. The van der Waals surface area contributed by atoms with Crippen LogP contribution in [0.25, 0.3) is 0 Å². The van der Waals surface area contributed by atoms with Gasteiger partial charge in [-0.25, -0.2) is 4.99 Å². The Balaban J connectivity index is 0. The van der Waals surface area contributed by atoms with E-state index in [0.29, 0.717) is 38.3 Å². The van der Waals surface area contributed by atoms with Gasteiger partial charge in [-0.15, -0.1) is 0 Å². The topological polar surface area (TPSA) is 181 Å². The van der Waals surface area contributed by atoms with Gasteiger partial charge >= 0.3 is 5.97 Å². The molecular formula is C36H73N6O7+. The molecule has 13 nitrogen and oxygen atoms in total. The van der Waals surface area contributed by atoms with Crippen LogP contribution in [0.15, 0.2) is 4.99 Å². The number of aliphatic hydroxyl groups excluding tert-OH is 1. The molecule has 1 aliphatic heterocycles. The van der Waals surface area contributed by atoms with E-state index in [-0.39, 0.29) is 30.8 Å². The second-order valence-electron chi connectivity index (χ2n) is 13.1. The van der Waals surface area contributed by atoms with E-state index in [9.17, 15) is 9.59 Å². The van der Waals surface area contributed by atoms with E-state index in [4.69, 9.17) is 40.1 Å². The molecule has 0 unspecified atom stereocenters. The summed E-state index contributed by atoms with van der Waals surface area (Å²) in [6.07, 6.45) is 14.2. The van der Waals surface area contributed by atoms with Gasteiger partial charge in [0.15, 0.2) is 5.90 Å². The average molecular weight is 702 g/mol. The highest BCUT2D eigenvalue weighted by molar-refractivity contribution is 5.81. The smallest absolute Gasteiger partial charge is 0.306 e. The molecule has 0 spiro atoms. The average Bonchev–Trinajstić information content (AvgIpc) is 3.48. The fraction of sp³-hybridized carbons (Fsp3) is 0.917. The number of nitrogens with one attached hydrogen (secondary N) is 3. The van der Waals surface area contributed by atoms with Gasteiger partial charge in [-0.1, -0.05) is 46.5 Å². The van der Waals surface area contributed by atoms with Gasteiger partial charge in [-0.3, -0.25) is 9.59 Å². The summed E-state index contributed by atoms with van der Waals surface area (Å²) in [5.74, 6) is 1.12. The van der Waals surface area contributed by atoms with Crippen molar-refractivity contribution in [2.75, 3.05) is 53.1 Å². The molecule has 0 bridgehead atoms. The molecule has 1 amide bonds.